The first-order valence-corrected chi connectivity index (χ1v) is 19.6. The average Bonchev–Trinajstić information content (AvgIpc) is 3.60. The van der Waals surface area contributed by atoms with E-state index in [2.05, 4.69) is 103 Å². The van der Waals surface area contributed by atoms with Crippen molar-refractivity contribution in [2.75, 3.05) is 0 Å². The fourth-order valence-electron chi connectivity index (χ4n) is 8.18. The highest BCUT2D eigenvalue weighted by Gasteiger charge is 2.23. The van der Waals surface area contributed by atoms with Gasteiger partial charge in [-0.3, -0.25) is 0 Å². The lowest BCUT2D eigenvalue weighted by atomic mass is 9.97. The fourth-order valence-corrected chi connectivity index (χ4v) is 8.18. The molecule has 0 aliphatic heterocycles. The van der Waals surface area contributed by atoms with Crippen LogP contribution in [-0.4, -0.2) is 19.5 Å². The number of benzene rings is 8. The molecule has 2 aromatic heterocycles. The molecule has 282 valence electrons. The zero-order chi connectivity index (χ0) is 40.0. The summed E-state index contributed by atoms with van der Waals surface area (Å²) in [4.78, 5) is 15.2. The summed E-state index contributed by atoms with van der Waals surface area (Å²) in [7, 11) is 0. The molecule has 0 aliphatic rings. The zero-order valence-corrected chi connectivity index (χ0v) is 32.4. The summed E-state index contributed by atoms with van der Waals surface area (Å²) in [5.74, 6) is 0.0262. The summed E-state index contributed by atoms with van der Waals surface area (Å²) >= 11 is 0. The van der Waals surface area contributed by atoms with Crippen molar-refractivity contribution in [3.63, 3.8) is 0 Å². The topological polar surface area (TPSA) is 43.6 Å². The third-order valence-electron chi connectivity index (χ3n) is 11.1. The second-order valence-electron chi connectivity index (χ2n) is 14.8. The molecule has 4 nitrogen and oxygen atoms in total. The quantitative estimate of drug-likeness (QED) is 0.162. The van der Waals surface area contributed by atoms with E-state index in [1.54, 1.807) is 12.1 Å². The van der Waals surface area contributed by atoms with Gasteiger partial charge in [0, 0.05) is 27.5 Å². The van der Waals surface area contributed by atoms with Crippen molar-refractivity contribution in [1.29, 1.82) is 0 Å². The third kappa shape index (κ3) is 6.45. The fraction of sp³-hybridized carbons (Fsp3) is 0.0377. The van der Waals surface area contributed by atoms with Gasteiger partial charge in [-0.2, -0.15) is 0 Å². The summed E-state index contributed by atoms with van der Waals surface area (Å²) in [5, 5.41) is 2.13. The van der Waals surface area contributed by atoms with E-state index in [0.717, 1.165) is 60.9 Å². The second-order valence-corrected chi connectivity index (χ2v) is 14.8. The summed E-state index contributed by atoms with van der Waals surface area (Å²) < 4.78 is 33.3. The Morgan fingerprint density at radius 2 is 0.831 bits per heavy atom. The van der Waals surface area contributed by atoms with Crippen LogP contribution in [0.1, 0.15) is 11.1 Å². The minimum atomic E-state index is -0.654. The van der Waals surface area contributed by atoms with Crippen molar-refractivity contribution in [2.45, 2.75) is 13.8 Å². The molecule has 8 aromatic carbocycles. The maximum absolute atomic E-state index is 15.6. The third-order valence-corrected chi connectivity index (χ3v) is 11.1. The van der Waals surface area contributed by atoms with E-state index in [-0.39, 0.29) is 5.56 Å². The van der Waals surface area contributed by atoms with E-state index in [1.165, 1.54) is 29.3 Å². The van der Waals surface area contributed by atoms with Crippen LogP contribution in [0.25, 0.3) is 95.0 Å². The lowest BCUT2D eigenvalue weighted by Crippen LogP contribution is -2.04. The van der Waals surface area contributed by atoms with Gasteiger partial charge in [-0.1, -0.05) is 133 Å². The molecule has 10 rings (SSSR count). The number of nitrogens with zero attached hydrogens (tertiary/aromatic N) is 4. The van der Waals surface area contributed by atoms with Gasteiger partial charge in [-0.15, -0.1) is 0 Å². The maximum Gasteiger partial charge on any atom is 0.166 e. The largest absolute Gasteiger partial charge is 0.308 e. The molecule has 0 spiro atoms. The van der Waals surface area contributed by atoms with E-state index >= 15 is 8.78 Å². The van der Waals surface area contributed by atoms with Crippen LogP contribution in [0.4, 0.5) is 8.78 Å². The first kappa shape index (κ1) is 35.8. The van der Waals surface area contributed by atoms with E-state index < -0.39 is 11.6 Å². The highest BCUT2D eigenvalue weighted by Crippen LogP contribution is 2.42. The number of rotatable bonds is 7. The minimum Gasteiger partial charge on any atom is -0.308 e. The average molecular weight is 767 g/mol. The lowest BCUT2D eigenvalue weighted by molar-refractivity contribution is 0.589. The molecule has 0 atom stereocenters. The molecule has 2 heterocycles. The highest BCUT2D eigenvalue weighted by atomic mass is 19.1. The minimum absolute atomic E-state index is 0.117. The van der Waals surface area contributed by atoms with Gasteiger partial charge in [0.15, 0.2) is 17.5 Å². The Hall–Kier alpha value is -7.57. The van der Waals surface area contributed by atoms with Gasteiger partial charge in [0.2, 0.25) is 0 Å². The standard InChI is InChI=1S/C53H36F2N4/c1-33-14-9-11-20-40(33)37-24-27-47-42(30-37)43-31-38(41-21-12-10-15-34(41)2)25-28-48(43)59(47)49-29-26-39(50-45(54)22-13-23-46(50)55)32-44(49)53-57-51(35-16-5-3-6-17-35)56-52(58-53)36-18-7-4-8-19-36/h3-32H,1-2H3. The molecule has 0 saturated carbocycles. The van der Waals surface area contributed by atoms with Crippen molar-refractivity contribution < 1.29 is 8.78 Å². The van der Waals surface area contributed by atoms with E-state index in [0.29, 0.717) is 28.6 Å². The van der Waals surface area contributed by atoms with Crippen molar-refractivity contribution in [2.24, 2.45) is 0 Å². The summed E-state index contributed by atoms with van der Waals surface area (Å²) in [6, 6.07) is 59.0. The van der Waals surface area contributed by atoms with Gasteiger partial charge in [-0.25, -0.2) is 23.7 Å². The van der Waals surface area contributed by atoms with Crippen molar-refractivity contribution in [1.82, 2.24) is 19.5 Å². The lowest BCUT2D eigenvalue weighted by Gasteiger charge is -2.17. The van der Waals surface area contributed by atoms with Crippen LogP contribution >= 0.6 is 0 Å². The SMILES string of the molecule is Cc1ccccc1-c1ccc2c(c1)c1cc(-c3ccccc3C)ccc1n2-c1ccc(-c2c(F)cccc2F)cc1-c1nc(-c2ccccc2)nc(-c2ccccc2)n1. The van der Waals surface area contributed by atoms with Gasteiger partial charge < -0.3 is 4.57 Å². The Morgan fingerprint density at radius 3 is 1.34 bits per heavy atom. The number of hydrogen-bond acceptors (Lipinski definition) is 3. The second kappa shape index (κ2) is 14.7. The van der Waals surface area contributed by atoms with Crippen LogP contribution in [0.3, 0.4) is 0 Å². The summed E-state index contributed by atoms with van der Waals surface area (Å²) in [6.45, 7) is 4.26. The van der Waals surface area contributed by atoms with Gasteiger partial charge in [-0.05, 0) is 101 Å². The summed E-state index contributed by atoms with van der Waals surface area (Å²) in [5.41, 5.74) is 12.1. The number of aromatic nitrogens is 4. The Balaban J connectivity index is 1.30. The van der Waals surface area contributed by atoms with Crippen molar-refractivity contribution in [3.05, 3.63) is 205 Å². The van der Waals surface area contributed by atoms with Crippen molar-refractivity contribution >= 4 is 21.8 Å². The molecule has 0 aliphatic carbocycles. The molecule has 0 unspecified atom stereocenters. The molecule has 10 aromatic rings. The van der Waals surface area contributed by atoms with Crippen LogP contribution in [0.2, 0.25) is 0 Å². The molecule has 0 fully saturated rings. The van der Waals surface area contributed by atoms with Gasteiger partial charge in [0.25, 0.3) is 0 Å². The zero-order valence-electron chi connectivity index (χ0n) is 32.4. The van der Waals surface area contributed by atoms with Crippen LogP contribution in [0.5, 0.6) is 0 Å². The Morgan fingerprint density at radius 1 is 0.373 bits per heavy atom. The van der Waals surface area contributed by atoms with Crippen LogP contribution in [-0.2, 0) is 0 Å². The van der Waals surface area contributed by atoms with E-state index in [9.17, 15) is 0 Å². The molecule has 59 heavy (non-hydrogen) atoms. The number of halogens is 2. The Bertz CT molecular complexity index is 3030. The Kier molecular flexibility index (Phi) is 8.95. The molecule has 0 saturated heterocycles. The van der Waals surface area contributed by atoms with Gasteiger partial charge in [0.1, 0.15) is 11.6 Å². The maximum atomic E-state index is 15.6. The van der Waals surface area contributed by atoms with Crippen LogP contribution < -0.4 is 0 Å². The number of fused-ring (bicyclic) bond motifs is 3. The predicted molar refractivity (Wildman–Crippen MR) is 236 cm³/mol. The number of hydrogen-bond donors (Lipinski definition) is 0. The van der Waals surface area contributed by atoms with E-state index in [4.69, 9.17) is 15.0 Å². The normalized spacial score (nSPS) is 11.4. The Labute approximate surface area is 340 Å². The molecule has 0 N–H and O–H groups in total. The molecular weight excluding hydrogens is 731 g/mol. The summed E-state index contributed by atoms with van der Waals surface area (Å²) in [6.07, 6.45) is 0. The smallest absolute Gasteiger partial charge is 0.166 e. The van der Waals surface area contributed by atoms with Gasteiger partial charge >= 0.3 is 0 Å². The molecule has 0 amide bonds. The van der Waals surface area contributed by atoms with Crippen LogP contribution in [0, 0.1) is 25.5 Å². The first-order chi connectivity index (χ1) is 28.9. The molecule has 0 radical (unpaired) electrons. The van der Waals surface area contributed by atoms with Crippen LogP contribution in [0.15, 0.2) is 182 Å². The van der Waals surface area contributed by atoms with E-state index in [1.807, 2.05) is 66.7 Å². The molecule has 6 heteroatoms. The monoisotopic (exact) mass is 766 g/mol. The predicted octanol–water partition coefficient (Wildman–Crippen LogP) is 13.9. The first-order valence-electron chi connectivity index (χ1n) is 19.6. The highest BCUT2D eigenvalue weighted by molar-refractivity contribution is 6.12. The van der Waals surface area contributed by atoms with Crippen molar-refractivity contribution in [3.8, 4) is 73.2 Å². The van der Waals surface area contributed by atoms with Gasteiger partial charge in [0.05, 0.1) is 22.3 Å². The number of aryl methyl sites for hydroxylation is 2. The molecule has 0 bridgehead atoms. The molecular formula is C53H36F2N4.